The first kappa shape index (κ1) is 20.7. The Morgan fingerprint density at radius 1 is 0.867 bits per heavy atom. The maximum absolute atomic E-state index is 10.8. The van der Waals surface area contributed by atoms with E-state index in [2.05, 4.69) is 5.32 Å². The van der Waals surface area contributed by atoms with Gasteiger partial charge in [0.1, 0.15) is 23.0 Å². The SMILES string of the molecule is N#CC(O)[C@H](Cc1ccc(Oc2ccc(Oc3ccccc3)cc2)cc1)NC(=O)O. The fourth-order valence-corrected chi connectivity index (χ4v) is 2.77. The van der Waals surface area contributed by atoms with Crippen molar-refractivity contribution in [1.82, 2.24) is 5.32 Å². The molecule has 0 bridgehead atoms. The van der Waals surface area contributed by atoms with Crippen LogP contribution in [0.3, 0.4) is 0 Å². The van der Waals surface area contributed by atoms with E-state index in [4.69, 9.17) is 19.8 Å². The summed E-state index contributed by atoms with van der Waals surface area (Å²) in [6, 6.07) is 24.4. The van der Waals surface area contributed by atoms with Gasteiger partial charge in [0.05, 0.1) is 12.1 Å². The van der Waals surface area contributed by atoms with Gasteiger partial charge in [-0.1, -0.05) is 30.3 Å². The van der Waals surface area contributed by atoms with Crippen LogP contribution in [0.2, 0.25) is 0 Å². The number of hydrogen-bond acceptors (Lipinski definition) is 5. The number of para-hydroxylation sites is 1. The van der Waals surface area contributed by atoms with E-state index < -0.39 is 18.2 Å². The Kier molecular flexibility index (Phi) is 6.87. The van der Waals surface area contributed by atoms with Gasteiger partial charge in [0, 0.05) is 0 Å². The summed E-state index contributed by atoms with van der Waals surface area (Å²) >= 11 is 0. The van der Waals surface area contributed by atoms with Crippen LogP contribution in [0.15, 0.2) is 78.9 Å². The van der Waals surface area contributed by atoms with Crippen LogP contribution in [0.4, 0.5) is 4.79 Å². The number of benzene rings is 3. The first-order valence-corrected chi connectivity index (χ1v) is 9.20. The molecule has 0 radical (unpaired) electrons. The van der Waals surface area contributed by atoms with E-state index in [9.17, 15) is 9.90 Å². The molecule has 7 nitrogen and oxygen atoms in total. The van der Waals surface area contributed by atoms with Crippen molar-refractivity contribution in [2.24, 2.45) is 0 Å². The van der Waals surface area contributed by atoms with Crippen molar-refractivity contribution in [3.8, 4) is 29.1 Å². The van der Waals surface area contributed by atoms with Gasteiger partial charge < -0.3 is 25.0 Å². The van der Waals surface area contributed by atoms with Gasteiger partial charge in [-0.25, -0.2) is 4.79 Å². The molecule has 3 aromatic rings. The number of carbonyl (C=O) groups is 1. The molecule has 0 saturated carbocycles. The van der Waals surface area contributed by atoms with Gasteiger partial charge in [0.25, 0.3) is 0 Å². The van der Waals surface area contributed by atoms with E-state index in [1.54, 1.807) is 42.5 Å². The summed E-state index contributed by atoms with van der Waals surface area (Å²) in [6.45, 7) is 0. The van der Waals surface area contributed by atoms with Crippen LogP contribution in [0.5, 0.6) is 23.0 Å². The van der Waals surface area contributed by atoms with Gasteiger partial charge in [-0.2, -0.15) is 5.26 Å². The number of nitrogens with one attached hydrogen (secondary N) is 1. The largest absolute Gasteiger partial charge is 0.465 e. The summed E-state index contributed by atoms with van der Waals surface area (Å²) in [5.74, 6) is 2.67. The third-order valence-electron chi connectivity index (χ3n) is 4.24. The lowest BCUT2D eigenvalue weighted by atomic mass is 10.0. The highest BCUT2D eigenvalue weighted by atomic mass is 16.5. The van der Waals surface area contributed by atoms with Crippen molar-refractivity contribution in [3.05, 3.63) is 84.4 Å². The van der Waals surface area contributed by atoms with Crippen molar-refractivity contribution in [3.63, 3.8) is 0 Å². The summed E-state index contributed by atoms with van der Waals surface area (Å²) in [6.07, 6.45) is -2.56. The first-order valence-electron chi connectivity index (χ1n) is 9.20. The molecule has 3 rings (SSSR count). The molecule has 7 heteroatoms. The highest BCUT2D eigenvalue weighted by molar-refractivity contribution is 5.65. The van der Waals surface area contributed by atoms with Crippen molar-refractivity contribution >= 4 is 6.09 Å². The third kappa shape index (κ3) is 5.99. The molecule has 0 aliphatic heterocycles. The molecule has 0 heterocycles. The summed E-state index contributed by atoms with van der Waals surface area (Å²) in [7, 11) is 0. The number of nitriles is 1. The molecule has 2 atom stereocenters. The Labute approximate surface area is 173 Å². The molecular weight excluding hydrogens is 384 g/mol. The molecule has 3 N–H and O–H groups in total. The molecule has 0 saturated heterocycles. The normalized spacial score (nSPS) is 12.3. The summed E-state index contributed by atoms with van der Waals surface area (Å²) in [5, 5.41) is 29.5. The summed E-state index contributed by atoms with van der Waals surface area (Å²) < 4.78 is 11.6. The van der Waals surface area contributed by atoms with Crippen LogP contribution in [-0.2, 0) is 6.42 Å². The molecule has 30 heavy (non-hydrogen) atoms. The lowest BCUT2D eigenvalue weighted by Gasteiger charge is -2.18. The maximum Gasteiger partial charge on any atom is 0.405 e. The lowest BCUT2D eigenvalue weighted by molar-refractivity contribution is 0.154. The topological polar surface area (TPSA) is 112 Å². The summed E-state index contributed by atoms with van der Waals surface area (Å²) in [5.41, 5.74) is 0.752. The minimum Gasteiger partial charge on any atom is -0.465 e. The average molecular weight is 404 g/mol. The van der Waals surface area contributed by atoms with Crippen molar-refractivity contribution in [2.45, 2.75) is 18.6 Å². The van der Waals surface area contributed by atoms with Gasteiger partial charge in [-0.05, 0) is 60.5 Å². The monoisotopic (exact) mass is 404 g/mol. The minimum atomic E-state index is -1.44. The predicted molar refractivity (Wildman–Crippen MR) is 110 cm³/mol. The van der Waals surface area contributed by atoms with Crippen molar-refractivity contribution < 1.29 is 24.5 Å². The second-order valence-corrected chi connectivity index (χ2v) is 6.47. The number of aliphatic hydroxyl groups is 1. The van der Waals surface area contributed by atoms with E-state index >= 15 is 0 Å². The number of rotatable bonds is 8. The molecular formula is C23H20N2O5. The zero-order valence-electron chi connectivity index (χ0n) is 15.9. The number of nitrogens with zero attached hydrogens (tertiary/aromatic N) is 1. The molecule has 1 unspecified atom stereocenters. The van der Waals surface area contributed by atoms with Crippen LogP contribution in [-0.4, -0.2) is 28.5 Å². The Morgan fingerprint density at radius 2 is 1.33 bits per heavy atom. The summed E-state index contributed by atoms with van der Waals surface area (Å²) in [4.78, 5) is 10.8. The van der Waals surface area contributed by atoms with E-state index in [-0.39, 0.29) is 6.42 Å². The number of hydrogen-bond donors (Lipinski definition) is 3. The van der Waals surface area contributed by atoms with Gasteiger partial charge >= 0.3 is 6.09 Å². The molecule has 152 valence electrons. The maximum atomic E-state index is 10.8. The van der Waals surface area contributed by atoms with Crippen LogP contribution >= 0.6 is 0 Å². The number of ether oxygens (including phenoxy) is 2. The van der Waals surface area contributed by atoms with E-state index in [0.29, 0.717) is 17.2 Å². The highest BCUT2D eigenvalue weighted by Crippen LogP contribution is 2.27. The lowest BCUT2D eigenvalue weighted by Crippen LogP contribution is -2.43. The number of amides is 1. The fourth-order valence-electron chi connectivity index (χ4n) is 2.77. The molecule has 0 aliphatic carbocycles. The quantitative estimate of drug-likeness (QED) is 0.482. The van der Waals surface area contributed by atoms with Gasteiger partial charge in [0.15, 0.2) is 6.10 Å². The van der Waals surface area contributed by atoms with Gasteiger partial charge in [0.2, 0.25) is 0 Å². The van der Waals surface area contributed by atoms with Gasteiger partial charge in [-0.15, -0.1) is 0 Å². The predicted octanol–water partition coefficient (Wildman–Crippen LogP) is 4.33. The molecule has 1 amide bonds. The zero-order valence-corrected chi connectivity index (χ0v) is 15.9. The number of aliphatic hydroxyl groups excluding tert-OH is 1. The van der Waals surface area contributed by atoms with Crippen LogP contribution in [0.1, 0.15) is 5.56 Å². The van der Waals surface area contributed by atoms with E-state index in [0.717, 1.165) is 11.3 Å². The Bertz CT molecular complexity index is 999. The second kappa shape index (κ2) is 9.96. The fraction of sp³-hybridized carbons (Fsp3) is 0.130. The third-order valence-corrected chi connectivity index (χ3v) is 4.24. The zero-order chi connectivity index (χ0) is 21.3. The molecule has 0 spiro atoms. The smallest absolute Gasteiger partial charge is 0.405 e. The molecule has 3 aromatic carbocycles. The van der Waals surface area contributed by atoms with Crippen LogP contribution in [0, 0.1) is 11.3 Å². The first-order chi connectivity index (χ1) is 14.5. The minimum absolute atomic E-state index is 0.173. The van der Waals surface area contributed by atoms with Gasteiger partial charge in [-0.3, -0.25) is 0 Å². The molecule has 0 aliphatic rings. The Balaban J connectivity index is 1.60. The van der Waals surface area contributed by atoms with Crippen molar-refractivity contribution in [1.29, 1.82) is 5.26 Å². The Morgan fingerprint density at radius 3 is 1.80 bits per heavy atom. The van der Waals surface area contributed by atoms with Crippen LogP contribution in [0.25, 0.3) is 0 Å². The second-order valence-electron chi connectivity index (χ2n) is 6.47. The van der Waals surface area contributed by atoms with Crippen molar-refractivity contribution in [2.75, 3.05) is 0 Å². The highest BCUT2D eigenvalue weighted by Gasteiger charge is 2.21. The van der Waals surface area contributed by atoms with E-state index in [1.807, 2.05) is 42.5 Å². The molecule has 0 aromatic heterocycles. The molecule has 0 fully saturated rings. The average Bonchev–Trinajstić information content (AvgIpc) is 2.76. The van der Waals surface area contributed by atoms with Crippen LogP contribution < -0.4 is 14.8 Å². The standard InChI is InChI=1S/C23H20N2O5/c24-15-22(26)21(25-23(27)28)14-16-6-8-18(9-7-16)30-20-12-10-19(11-13-20)29-17-4-2-1-3-5-17/h1-13,21-22,25-26H,14H2,(H,27,28)/t21-,22?/m0/s1. The Hall–Kier alpha value is -4.02. The van der Waals surface area contributed by atoms with E-state index in [1.165, 1.54) is 0 Å². The number of carboxylic acid groups (broad SMARTS) is 1.